The molecule has 0 unspecified atom stereocenters. The van der Waals surface area contributed by atoms with Crippen LogP contribution in [0.25, 0.3) is 0 Å². The lowest BCUT2D eigenvalue weighted by Crippen LogP contribution is -2.28. The first-order valence-electron chi connectivity index (χ1n) is 11.0. The van der Waals surface area contributed by atoms with E-state index in [2.05, 4.69) is 25.7 Å². The minimum absolute atomic E-state index is 0.155. The molecule has 0 aromatic heterocycles. The van der Waals surface area contributed by atoms with Crippen molar-refractivity contribution in [3.05, 3.63) is 41.7 Å². The van der Waals surface area contributed by atoms with E-state index in [1.54, 1.807) is 12.1 Å². The van der Waals surface area contributed by atoms with E-state index in [1.165, 1.54) is 44.8 Å². The molecule has 1 N–H and O–H groups in total. The van der Waals surface area contributed by atoms with Crippen molar-refractivity contribution in [2.45, 2.75) is 72.1 Å². The SMILES string of the molecule is CCCC/C(O)=C/C(=O)c1ccc(OCCCN(CCCC)CCCC)cc1. The standard InChI is InChI=1S/C24H39NO3/c1-4-7-11-22(26)20-24(27)21-12-14-23(15-13-21)28-19-10-18-25(16-8-5-2)17-9-6-3/h12-15,20,26H,4-11,16-19H2,1-3H3/b22-20-. The number of carbonyl (C=O) groups excluding carboxylic acids is 1. The minimum Gasteiger partial charge on any atom is -0.512 e. The fourth-order valence-electron chi connectivity index (χ4n) is 2.96. The van der Waals surface area contributed by atoms with Gasteiger partial charge in [-0.25, -0.2) is 0 Å². The molecule has 0 bridgehead atoms. The van der Waals surface area contributed by atoms with E-state index in [0.717, 1.165) is 31.6 Å². The summed E-state index contributed by atoms with van der Waals surface area (Å²) in [5.74, 6) is 0.773. The van der Waals surface area contributed by atoms with Crippen LogP contribution < -0.4 is 4.74 Å². The predicted octanol–water partition coefficient (Wildman–Crippen LogP) is 6.17. The first kappa shape index (κ1) is 24.2. The van der Waals surface area contributed by atoms with Crippen molar-refractivity contribution in [2.75, 3.05) is 26.2 Å². The number of aliphatic hydroxyl groups is 1. The maximum absolute atomic E-state index is 12.2. The quantitative estimate of drug-likeness (QED) is 0.159. The monoisotopic (exact) mass is 389 g/mol. The Labute approximate surface area is 171 Å². The smallest absolute Gasteiger partial charge is 0.189 e. The summed E-state index contributed by atoms with van der Waals surface area (Å²) < 4.78 is 5.83. The van der Waals surface area contributed by atoms with E-state index >= 15 is 0 Å². The van der Waals surface area contributed by atoms with Gasteiger partial charge in [0.15, 0.2) is 5.78 Å². The topological polar surface area (TPSA) is 49.8 Å². The van der Waals surface area contributed by atoms with E-state index in [-0.39, 0.29) is 11.5 Å². The van der Waals surface area contributed by atoms with E-state index in [9.17, 15) is 9.90 Å². The number of carbonyl (C=O) groups is 1. The Morgan fingerprint density at radius 2 is 1.50 bits per heavy atom. The molecule has 4 nitrogen and oxygen atoms in total. The maximum atomic E-state index is 12.2. The Kier molecular flexibility index (Phi) is 13.1. The van der Waals surface area contributed by atoms with Crippen molar-refractivity contribution < 1.29 is 14.6 Å². The highest BCUT2D eigenvalue weighted by Crippen LogP contribution is 2.14. The van der Waals surface area contributed by atoms with Gasteiger partial charge in [-0.15, -0.1) is 0 Å². The van der Waals surface area contributed by atoms with Gasteiger partial charge in [-0.3, -0.25) is 4.79 Å². The molecule has 1 aromatic carbocycles. The van der Waals surface area contributed by atoms with E-state index in [0.29, 0.717) is 18.6 Å². The van der Waals surface area contributed by atoms with E-state index in [1.807, 2.05) is 12.1 Å². The molecule has 0 spiro atoms. The molecule has 0 aliphatic carbocycles. The summed E-state index contributed by atoms with van der Waals surface area (Å²) >= 11 is 0. The summed E-state index contributed by atoms with van der Waals surface area (Å²) in [4.78, 5) is 14.7. The van der Waals surface area contributed by atoms with Crippen molar-refractivity contribution in [1.29, 1.82) is 0 Å². The summed E-state index contributed by atoms with van der Waals surface area (Å²) in [6.45, 7) is 10.6. The second-order valence-electron chi connectivity index (χ2n) is 7.38. The van der Waals surface area contributed by atoms with Gasteiger partial charge in [0.25, 0.3) is 0 Å². The molecule has 0 aliphatic heterocycles. The first-order chi connectivity index (χ1) is 13.6. The van der Waals surface area contributed by atoms with Crippen LogP contribution in [0.15, 0.2) is 36.1 Å². The highest BCUT2D eigenvalue weighted by molar-refractivity contribution is 6.04. The van der Waals surface area contributed by atoms with Gasteiger partial charge in [-0.2, -0.15) is 0 Å². The van der Waals surface area contributed by atoms with Crippen molar-refractivity contribution in [3.63, 3.8) is 0 Å². The molecule has 0 atom stereocenters. The lowest BCUT2D eigenvalue weighted by Gasteiger charge is -2.21. The van der Waals surface area contributed by atoms with Gasteiger partial charge in [-0.1, -0.05) is 40.0 Å². The number of aliphatic hydroxyl groups excluding tert-OH is 1. The number of allylic oxidation sites excluding steroid dienone is 2. The normalized spacial score (nSPS) is 11.8. The molecule has 1 rings (SSSR count). The number of ketones is 1. The van der Waals surface area contributed by atoms with Crippen LogP contribution in [-0.2, 0) is 0 Å². The average Bonchev–Trinajstić information content (AvgIpc) is 2.71. The second-order valence-corrected chi connectivity index (χ2v) is 7.38. The third-order valence-electron chi connectivity index (χ3n) is 4.77. The van der Waals surface area contributed by atoms with Gasteiger partial charge in [-0.05, 0) is 63.0 Å². The largest absolute Gasteiger partial charge is 0.512 e. The lowest BCUT2D eigenvalue weighted by molar-refractivity contribution is 0.104. The molecule has 0 radical (unpaired) electrons. The molecule has 0 saturated heterocycles. The fourth-order valence-corrected chi connectivity index (χ4v) is 2.96. The zero-order chi connectivity index (χ0) is 20.6. The second kappa shape index (κ2) is 15.2. The summed E-state index contributed by atoms with van der Waals surface area (Å²) in [7, 11) is 0. The number of hydrogen-bond donors (Lipinski definition) is 1. The number of ether oxygens (including phenoxy) is 1. The Bertz CT molecular complexity index is 558. The van der Waals surface area contributed by atoms with Crippen LogP contribution in [-0.4, -0.2) is 42.0 Å². The zero-order valence-corrected chi connectivity index (χ0v) is 18.1. The number of benzene rings is 1. The number of unbranched alkanes of at least 4 members (excludes halogenated alkanes) is 3. The molecule has 158 valence electrons. The number of hydrogen-bond acceptors (Lipinski definition) is 4. The highest BCUT2D eigenvalue weighted by Gasteiger charge is 2.06. The van der Waals surface area contributed by atoms with Crippen LogP contribution in [0.1, 0.15) is 82.5 Å². The molecular weight excluding hydrogens is 350 g/mol. The molecule has 0 heterocycles. The Morgan fingerprint density at radius 3 is 2.07 bits per heavy atom. The van der Waals surface area contributed by atoms with Gasteiger partial charge in [0.2, 0.25) is 0 Å². The van der Waals surface area contributed by atoms with Gasteiger partial charge < -0.3 is 14.7 Å². The van der Waals surface area contributed by atoms with Crippen molar-refractivity contribution in [2.24, 2.45) is 0 Å². The Morgan fingerprint density at radius 1 is 0.929 bits per heavy atom. The predicted molar refractivity (Wildman–Crippen MR) is 117 cm³/mol. The van der Waals surface area contributed by atoms with E-state index < -0.39 is 0 Å². The summed E-state index contributed by atoms with van der Waals surface area (Å²) in [6, 6.07) is 7.18. The van der Waals surface area contributed by atoms with Gasteiger partial charge in [0.1, 0.15) is 5.75 Å². The molecule has 1 aromatic rings. The molecule has 4 heteroatoms. The van der Waals surface area contributed by atoms with Crippen molar-refractivity contribution >= 4 is 5.78 Å². The zero-order valence-electron chi connectivity index (χ0n) is 18.1. The Hall–Kier alpha value is -1.81. The van der Waals surface area contributed by atoms with Crippen LogP contribution in [0, 0.1) is 0 Å². The molecule has 0 fully saturated rings. The van der Waals surface area contributed by atoms with Crippen LogP contribution in [0.5, 0.6) is 5.75 Å². The summed E-state index contributed by atoms with van der Waals surface area (Å²) in [5.41, 5.74) is 0.570. The van der Waals surface area contributed by atoms with Crippen LogP contribution in [0.4, 0.5) is 0 Å². The molecule has 28 heavy (non-hydrogen) atoms. The fraction of sp³-hybridized carbons (Fsp3) is 0.625. The van der Waals surface area contributed by atoms with Gasteiger partial charge >= 0.3 is 0 Å². The minimum atomic E-state index is -0.164. The third-order valence-corrected chi connectivity index (χ3v) is 4.77. The summed E-state index contributed by atoms with van der Waals surface area (Å²) in [6.07, 6.45) is 9.73. The molecule has 0 aliphatic rings. The third kappa shape index (κ3) is 10.5. The Balaban J connectivity index is 2.40. The summed E-state index contributed by atoms with van der Waals surface area (Å²) in [5, 5.41) is 9.77. The molecular formula is C24H39NO3. The van der Waals surface area contributed by atoms with Crippen LogP contribution in [0.2, 0.25) is 0 Å². The lowest BCUT2D eigenvalue weighted by atomic mass is 10.1. The number of rotatable bonds is 16. The average molecular weight is 390 g/mol. The van der Waals surface area contributed by atoms with Gasteiger partial charge in [0, 0.05) is 24.6 Å². The van der Waals surface area contributed by atoms with Crippen molar-refractivity contribution in [3.8, 4) is 5.75 Å². The van der Waals surface area contributed by atoms with Crippen molar-refractivity contribution in [1.82, 2.24) is 4.90 Å². The van der Waals surface area contributed by atoms with Crippen LogP contribution >= 0.6 is 0 Å². The van der Waals surface area contributed by atoms with E-state index in [4.69, 9.17) is 4.74 Å². The van der Waals surface area contributed by atoms with Gasteiger partial charge in [0.05, 0.1) is 12.4 Å². The maximum Gasteiger partial charge on any atom is 0.189 e. The van der Waals surface area contributed by atoms with Crippen LogP contribution in [0.3, 0.4) is 0 Å². The molecule has 0 amide bonds. The highest BCUT2D eigenvalue weighted by atomic mass is 16.5. The number of nitrogens with zero attached hydrogens (tertiary/aromatic N) is 1. The first-order valence-corrected chi connectivity index (χ1v) is 11.0. The molecule has 0 saturated carbocycles.